The van der Waals surface area contributed by atoms with Crippen molar-refractivity contribution in [1.82, 2.24) is 3.94 Å². The number of carbonyl (C=O) groups excluding carboxylic acids is 1. The van der Waals surface area contributed by atoms with Gasteiger partial charge in [-0.3, -0.25) is 14.9 Å². The molecule has 0 saturated carbocycles. The van der Waals surface area contributed by atoms with Gasteiger partial charge in [0.25, 0.3) is 0 Å². The van der Waals surface area contributed by atoms with Gasteiger partial charge in [-0.25, -0.2) is 0 Å². The van der Waals surface area contributed by atoms with Gasteiger partial charge in [0.15, 0.2) is 6.07 Å². The zero-order valence-corrected chi connectivity index (χ0v) is 6.41. The molecular formula is C3HCl2N3O3. The molecule has 0 spiro atoms. The maximum atomic E-state index is 10.5. The van der Waals surface area contributed by atoms with Gasteiger partial charge in [-0.15, -0.1) is 0 Å². The second-order valence-electron chi connectivity index (χ2n) is 1.39. The number of halogens is 2. The van der Waals surface area contributed by atoms with Crippen LogP contribution >= 0.6 is 23.6 Å². The van der Waals surface area contributed by atoms with Crippen LogP contribution in [0.5, 0.6) is 0 Å². The Morgan fingerprint density at radius 3 is 2.27 bits per heavy atom. The second kappa shape index (κ2) is 3.95. The topological polar surface area (TPSA) is 87.2 Å². The van der Waals surface area contributed by atoms with Crippen LogP contribution in [0.3, 0.4) is 0 Å². The average molecular weight is 198 g/mol. The van der Waals surface area contributed by atoms with Crippen molar-refractivity contribution in [3.63, 3.8) is 0 Å². The predicted octanol–water partition coefficient (Wildman–Crippen LogP) is 0.291. The monoisotopic (exact) mass is 197 g/mol. The molecule has 60 valence electrons. The Morgan fingerprint density at radius 1 is 1.73 bits per heavy atom. The van der Waals surface area contributed by atoms with Crippen LogP contribution in [0.15, 0.2) is 0 Å². The number of hydrogen-bond donors (Lipinski definition) is 0. The van der Waals surface area contributed by atoms with Gasteiger partial charge in [-0.2, -0.15) is 9.20 Å². The highest BCUT2D eigenvalue weighted by molar-refractivity contribution is 6.41. The Kier molecular flexibility index (Phi) is 3.57. The van der Waals surface area contributed by atoms with Gasteiger partial charge in [0, 0.05) is 28.5 Å². The van der Waals surface area contributed by atoms with Crippen molar-refractivity contribution in [1.29, 1.82) is 5.26 Å². The second-order valence-corrected chi connectivity index (χ2v) is 2.24. The average Bonchev–Trinajstić information content (AvgIpc) is 1.88. The van der Waals surface area contributed by atoms with Crippen LogP contribution in [-0.4, -0.2) is 20.8 Å². The van der Waals surface area contributed by atoms with Crippen molar-refractivity contribution < 1.29 is 9.72 Å². The minimum absolute atomic E-state index is 0.0450. The Labute approximate surface area is 71.3 Å². The van der Waals surface area contributed by atoms with E-state index in [1.165, 1.54) is 0 Å². The summed E-state index contributed by atoms with van der Waals surface area (Å²) in [7, 11) is 0. The molecule has 0 aromatic heterocycles. The fourth-order valence-corrected chi connectivity index (χ4v) is 0.470. The van der Waals surface area contributed by atoms with Crippen molar-refractivity contribution in [2.75, 3.05) is 0 Å². The summed E-state index contributed by atoms with van der Waals surface area (Å²) in [6.07, 6.45) is 0. The molecule has 0 aromatic rings. The van der Waals surface area contributed by atoms with E-state index >= 15 is 0 Å². The highest BCUT2D eigenvalue weighted by atomic mass is 35.5. The summed E-state index contributed by atoms with van der Waals surface area (Å²) in [6.45, 7) is 0. The van der Waals surface area contributed by atoms with E-state index in [1.807, 2.05) is 0 Å². The van der Waals surface area contributed by atoms with Crippen molar-refractivity contribution in [3.05, 3.63) is 10.1 Å². The number of amides is 1. The maximum Gasteiger partial charge on any atom is 0.375 e. The molecule has 0 saturated heterocycles. The van der Waals surface area contributed by atoms with Crippen molar-refractivity contribution in [2.24, 2.45) is 0 Å². The van der Waals surface area contributed by atoms with Crippen molar-refractivity contribution >= 4 is 29.5 Å². The molecular weight excluding hydrogens is 197 g/mol. The molecule has 11 heavy (non-hydrogen) atoms. The van der Waals surface area contributed by atoms with Crippen molar-refractivity contribution in [2.45, 2.75) is 6.04 Å². The van der Waals surface area contributed by atoms with Crippen LogP contribution in [0, 0.1) is 21.4 Å². The standard InChI is InChI=1S/C3HCl2N3O3/c4-7(5)3(9)2(1-6)8(10)11/h2H. The van der Waals surface area contributed by atoms with Gasteiger partial charge in [0.05, 0.1) is 0 Å². The summed E-state index contributed by atoms with van der Waals surface area (Å²) in [5.41, 5.74) is 0. The first-order valence-corrected chi connectivity index (χ1v) is 2.87. The molecule has 0 aliphatic heterocycles. The number of carbonyl (C=O) groups is 1. The van der Waals surface area contributed by atoms with Crippen LogP contribution in [0.4, 0.5) is 0 Å². The Hall–Kier alpha value is -1.06. The summed E-state index contributed by atoms with van der Waals surface area (Å²) in [5, 5.41) is 18.0. The van der Waals surface area contributed by atoms with Gasteiger partial charge in [-0.05, 0) is 0 Å². The van der Waals surface area contributed by atoms with Gasteiger partial charge in [0.1, 0.15) is 0 Å². The molecule has 6 nitrogen and oxygen atoms in total. The van der Waals surface area contributed by atoms with Crippen molar-refractivity contribution in [3.8, 4) is 6.07 Å². The van der Waals surface area contributed by atoms with E-state index in [0.29, 0.717) is 0 Å². The summed E-state index contributed by atoms with van der Waals surface area (Å²) in [6, 6.07) is -0.914. The molecule has 1 amide bonds. The molecule has 1 unspecified atom stereocenters. The third-order valence-electron chi connectivity index (χ3n) is 0.734. The Morgan fingerprint density at radius 2 is 2.18 bits per heavy atom. The molecule has 0 radical (unpaired) electrons. The predicted molar refractivity (Wildman–Crippen MR) is 34.9 cm³/mol. The van der Waals surface area contributed by atoms with Crippen LogP contribution in [0.2, 0.25) is 0 Å². The van der Waals surface area contributed by atoms with Crippen LogP contribution in [0.1, 0.15) is 0 Å². The molecule has 0 fully saturated rings. The number of rotatable bonds is 2. The molecule has 0 rings (SSSR count). The van der Waals surface area contributed by atoms with Gasteiger partial charge in [0.2, 0.25) is 0 Å². The summed E-state index contributed by atoms with van der Waals surface area (Å²) >= 11 is 9.68. The lowest BCUT2D eigenvalue weighted by Crippen LogP contribution is -2.33. The summed E-state index contributed by atoms with van der Waals surface area (Å²) < 4.78 is -0.0450. The fraction of sp³-hybridized carbons (Fsp3) is 0.333. The smallest absolute Gasteiger partial charge is 0.263 e. The molecule has 0 N–H and O–H groups in total. The summed E-state index contributed by atoms with van der Waals surface area (Å²) in [4.78, 5) is 19.3. The Bertz CT molecular complexity index is 222. The van der Waals surface area contributed by atoms with E-state index < -0.39 is 16.9 Å². The van der Waals surface area contributed by atoms with Gasteiger partial charge in [-0.1, -0.05) is 0 Å². The van der Waals surface area contributed by atoms with E-state index in [9.17, 15) is 14.9 Å². The highest BCUT2D eigenvalue weighted by Gasteiger charge is 2.33. The van der Waals surface area contributed by atoms with E-state index in [0.717, 1.165) is 6.07 Å². The SMILES string of the molecule is N#CC(C(=O)N(Cl)Cl)[N+](=O)[O-]. The first-order valence-electron chi connectivity index (χ1n) is 2.19. The third kappa shape index (κ3) is 2.57. The number of nitrogens with zero attached hydrogens (tertiary/aromatic N) is 3. The lowest BCUT2D eigenvalue weighted by Gasteiger charge is -2.01. The van der Waals surface area contributed by atoms with Gasteiger partial charge < -0.3 is 0 Å². The molecule has 8 heteroatoms. The van der Waals surface area contributed by atoms with E-state index in [2.05, 4.69) is 0 Å². The third-order valence-corrected chi connectivity index (χ3v) is 1.07. The quantitative estimate of drug-likeness (QED) is 0.362. The van der Waals surface area contributed by atoms with Crippen LogP contribution < -0.4 is 0 Å². The summed E-state index contributed by atoms with van der Waals surface area (Å²) in [5.74, 6) is -1.28. The molecule has 0 aliphatic carbocycles. The number of hydrogen-bond acceptors (Lipinski definition) is 4. The first kappa shape index (κ1) is 9.94. The largest absolute Gasteiger partial charge is 0.375 e. The molecule has 0 aliphatic rings. The normalized spacial score (nSPS) is 11.4. The molecule has 0 heterocycles. The van der Waals surface area contributed by atoms with E-state index in [4.69, 9.17) is 28.8 Å². The van der Waals surface area contributed by atoms with E-state index in [-0.39, 0.29) is 3.94 Å². The van der Waals surface area contributed by atoms with Crippen LogP contribution in [-0.2, 0) is 4.79 Å². The zero-order valence-electron chi connectivity index (χ0n) is 4.90. The Balaban J connectivity index is 4.43. The number of nitro groups is 1. The lowest BCUT2D eigenvalue weighted by atomic mass is 10.3. The minimum Gasteiger partial charge on any atom is -0.263 e. The van der Waals surface area contributed by atoms with Gasteiger partial charge >= 0.3 is 11.9 Å². The number of nitriles is 1. The molecule has 1 atom stereocenters. The zero-order chi connectivity index (χ0) is 9.02. The fourth-order valence-electron chi connectivity index (χ4n) is 0.285. The lowest BCUT2D eigenvalue weighted by molar-refractivity contribution is -0.493. The van der Waals surface area contributed by atoms with E-state index in [1.54, 1.807) is 0 Å². The highest BCUT2D eigenvalue weighted by Crippen LogP contribution is 2.04. The molecule has 0 bridgehead atoms. The minimum atomic E-state index is -2.04. The maximum absolute atomic E-state index is 10.5. The first-order chi connectivity index (χ1) is 5.00. The van der Waals surface area contributed by atoms with Crippen LogP contribution in [0.25, 0.3) is 0 Å². The molecule has 0 aromatic carbocycles.